The minimum absolute atomic E-state index is 0.199. The first kappa shape index (κ1) is 14.2. The molecule has 0 radical (unpaired) electrons. The molecule has 0 bridgehead atoms. The highest BCUT2D eigenvalue weighted by molar-refractivity contribution is 5.37. The molecule has 0 aliphatic carbocycles. The molecule has 2 heteroatoms. The van der Waals surface area contributed by atoms with Gasteiger partial charge in [-0.15, -0.1) is 0 Å². The predicted octanol–water partition coefficient (Wildman–Crippen LogP) is 3.54. The highest BCUT2D eigenvalue weighted by atomic mass is 16.5. The van der Waals surface area contributed by atoms with Crippen molar-refractivity contribution >= 4 is 0 Å². The van der Waals surface area contributed by atoms with E-state index in [0.717, 1.165) is 25.0 Å². The Bertz CT molecular complexity index is 564. The Hall–Kier alpha value is -1.80. The first-order valence-electron chi connectivity index (χ1n) is 7.65. The second-order valence-electron chi connectivity index (χ2n) is 6.03. The smallest absolute Gasteiger partial charge is 0.123 e. The van der Waals surface area contributed by atoms with Gasteiger partial charge in [0.2, 0.25) is 0 Å². The van der Waals surface area contributed by atoms with Crippen LogP contribution in [0, 0.1) is 12.8 Å². The molecule has 2 unspecified atom stereocenters. The lowest BCUT2D eigenvalue weighted by molar-refractivity contribution is 0.149. The summed E-state index contributed by atoms with van der Waals surface area (Å²) in [5.41, 5.74) is 3.85. The monoisotopic (exact) mass is 282 g/mol. The van der Waals surface area contributed by atoms with Gasteiger partial charge >= 0.3 is 0 Å². The average Bonchev–Trinajstić information content (AvgIpc) is 2.91. The number of aryl methyl sites for hydroxylation is 1. The lowest BCUT2D eigenvalue weighted by Crippen LogP contribution is -2.22. The standard InChI is InChI=1S/C19H22O2/c1-14-6-8-15(9-7-14)10-16(13-20)11-18-12-17-4-2-3-5-19(17)21-18/h2-9,16,18,20H,10-13H2,1H3. The highest BCUT2D eigenvalue weighted by Gasteiger charge is 2.25. The van der Waals surface area contributed by atoms with Gasteiger partial charge in [-0.1, -0.05) is 48.0 Å². The van der Waals surface area contributed by atoms with Gasteiger partial charge in [-0.2, -0.15) is 0 Å². The summed E-state index contributed by atoms with van der Waals surface area (Å²) in [6.45, 7) is 2.31. The van der Waals surface area contributed by atoms with Crippen molar-refractivity contribution in [2.45, 2.75) is 32.3 Å². The summed E-state index contributed by atoms with van der Waals surface area (Å²) >= 11 is 0. The molecule has 2 aromatic rings. The van der Waals surface area contributed by atoms with Gasteiger partial charge in [0.05, 0.1) is 0 Å². The van der Waals surface area contributed by atoms with Gasteiger partial charge in [0, 0.05) is 13.0 Å². The van der Waals surface area contributed by atoms with Crippen LogP contribution in [0.4, 0.5) is 0 Å². The summed E-state index contributed by atoms with van der Waals surface area (Å²) in [5, 5.41) is 9.66. The summed E-state index contributed by atoms with van der Waals surface area (Å²) in [6, 6.07) is 16.8. The van der Waals surface area contributed by atoms with Crippen molar-refractivity contribution < 1.29 is 9.84 Å². The Kier molecular flexibility index (Phi) is 4.26. The third kappa shape index (κ3) is 3.45. The van der Waals surface area contributed by atoms with E-state index < -0.39 is 0 Å². The number of rotatable bonds is 5. The Balaban J connectivity index is 1.60. The van der Waals surface area contributed by atoms with Crippen molar-refractivity contribution in [1.29, 1.82) is 0 Å². The van der Waals surface area contributed by atoms with Crippen molar-refractivity contribution in [3.63, 3.8) is 0 Å². The van der Waals surface area contributed by atoms with E-state index in [1.165, 1.54) is 16.7 Å². The topological polar surface area (TPSA) is 29.5 Å². The van der Waals surface area contributed by atoms with Gasteiger partial charge in [0.1, 0.15) is 11.9 Å². The average molecular weight is 282 g/mol. The van der Waals surface area contributed by atoms with Crippen molar-refractivity contribution in [3.8, 4) is 5.75 Å². The number of para-hydroxylation sites is 1. The van der Waals surface area contributed by atoms with E-state index in [1.54, 1.807) is 0 Å². The minimum atomic E-state index is 0.199. The molecule has 1 aliphatic rings. The number of hydrogen-bond acceptors (Lipinski definition) is 2. The van der Waals surface area contributed by atoms with Crippen LogP contribution in [-0.4, -0.2) is 17.8 Å². The molecule has 1 heterocycles. The molecular weight excluding hydrogens is 260 g/mol. The number of ether oxygens (including phenoxy) is 1. The van der Waals surface area contributed by atoms with E-state index in [2.05, 4.69) is 43.3 Å². The summed E-state index contributed by atoms with van der Waals surface area (Å²) in [6.07, 6.45) is 2.97. The molecule has 1 N–H and O–H groups in total. The number of hydrogen-bond donors (Lipinski definition) is 1. The van der Waals surface area contributed by atoms with Crippen molar-refractivity contribution in [2.24, 2.45) is 5.92 Å². The van der Waals surface area contributed by atoms with E-state index in [4.69, 9.17) is 4.74 Å². The van der Waals surface area contributed by atoms with Crippen LogP contribution in [0.3, 0.4) is 0 Å². The molecule has 110 valence electrons. The van der Waals surface area contributed by atoms with E-state index in [-0.39, 0.29) is 18.6 Å². The maximum absolute atomic E-state index is 9.66. The maximum Gasteiger partial charge on any atom is 0.123 e. The first-order valence-corrected chi connectivity index (χ1v) is 7.65. The largest absolute Gasteiger partial charge is 0.490 e. The minimum Gasteiger partial charge on any atom is -0.490 e. The molecule has 2 aromatic carbocycles. The van der Waals surface area contributed by atoms with Crippen LogP contribution in [0.5, 0.6) is 5.75 Å². The van der Waals surface area contributed by atoms with Crippen LogP contribution in [0.25, 0.3) is 0 Å². The molecule has 3 rings (SSSR count). The zero-order valence-corrected chi connectivity index (χ0v) is 12.5. The molecule has 21 heavy (non-hydrogen) atoms. The van der Waals surface area contributed by atoms with Crippen LogP contribution in [0.2, 0.25) is 0 Å². The Morgan fingerprint density at radius 1 is 1.14 bits per heavy atom. The fraction of sp³-hybridized carbons (Fsp3) is 0.368. The highest BCUT2D eigenvalue weighted by Crippen LogP contribution is 2.31. The second-order valence-corrected chi connectivity index (χ2v) is 6.03. The summed E-state index contributed by atoms with van der Waals surface area (Å²) in [7, 11) is 0. The molecule has 0 amide bonds. The Morgan fingerprint density at radius 2 is 1.90 bits per heavy atom. The SMILES string of the molecule is Cc1ccc(CC(CO)CC2Cc3ccccc3O2)cc1. The van der Waals surface area contributed by atoms with Crippen molar-refractivity contribution in [2.75, 3.05) is 6.61 Å². The third-order valence-electron chi connectivity index (χ3n) is 4.21. The van der Waals surface area contributed by atoms with E-state index in [0.29, 0.717) is 0 Å². The summed E-state index contributed by atoms with van der Waals surface area (Å²) in [5.74, 6) is 1.27. The lowest BCUT2D eigenvalue weighted by atomic mass is 9.92. The van der Waals surface area contributed by atoms with Crippen LogP contribution >= 0.6 is 0 Å². The van der Waals surface area contributed by atoms with Gasteiger partial charge in [-0.05, 0) is 42.9 Å². The van der Waals surface area contributed by atoms with E-state index in [9.17, 15) is 5.11 Å². The van der Waals surface area contributed by atoms with Gasteiger partial charge in [-0.3, -0.25) is 0 Å². The molecule has 1 aliphatic heterocycles. The molecule has 0 spiro atoms. The number of aliphatic hydroxyl groups is 1. The normalized spacial score (nSPS) is 18.1. The number of benzene rings is 2. The van der Waals surface area contributed by atoms with Crippen LogP contribution in [-0.2, 0) is 12.8 Å². The molecule has 0 aromatic heterocycles. The zero-order chi connectivity index (χ0) is 14.7. The van der Waals surface area contributed by atoms with E-state index in [1.807, 2.05) is 12.1 Å². The Labute approximate surface area is 126 Å². The predicted molar refractivity (Wildman–Crippen MR) is 84.6 cm³/mol. The van der Waals surface area contributed by atoms with Crippen molar-refractivity contribution in [3.05, 3.63) is 65.2 Å². The summed E-state index contributed by atoms with van der Waals surface area (Å²) < 4.78 is 5.98. The number of fused-ring (bicyclic) bond motifs is 1. The molecular formula is C19H22O2. The fourth-order valence-corrected chi connectivity index (χ4v) is 3.04. The van der Waals surface area contributed by atoms with Gasteiger partial charge in [0.25, 0.3) is 0 Å². The maximum atomic E-state index is 9.66. The Morgan fingerprint density at radius 3 is 2.62 bits per heavy atom. The van der Waals surface area contributed by atoms with Gasteiger partial charge in [-0.25, -0.2) is 0 Å². The molecule has 0 saturated heterocycles. The second kappa shape index (κ2) is 6.31. The van der Waals surface area contributed by atoms with E-state index >= 15 is 0 Å². The van der Waals surface area contributed by atoms with Gasteiger partial charge in [0.15, 0.2) is 0 Å². The van der Waals surface area contributed by atoms with Gasteiger partial charge < -0.3 is 9.84 Å². The third-order valence-corrected chi connectivity index (χ3v) is 4.21. The molecule has 0 saturated carbocycles. The zero-order valence-electron chi connectivity index (χ0n) is 12.5. The molecule has 0 fully saturated rings. The molecule has 2 nitrogen and oxygen atoms in total. The molecule has 2 atom stereocenters. The van der Waals surface area contributed by atoms with Crippen LogP contribution < -0.4 is 4.74 Å². The number of aliphatic hydroxyl groups excluding tert-OH is 1. The van der Waals surface area contributed by atoms with Crippen molar-refractivity contribution in [1.82, 2.24) is 0 Å². The van der Waals surface area contributed by atoms with Crippen LogP contribution in [0.15, 0.2) is 48.5 Å². The lowest BCUT2D eigenvalue weighted by Gasteiger charge is -2.18. The quantitative estimate of drug-likeness (QED) is 0.909. The van der Waals surface area contributed by atoms with Crippen LogP contribution in [0.1, 0.15) is 23.1 Å². The fourth-order valence-electron chi connectivity index (χ4n) is 3.04. The summed E-state index contributed by atoms with van der Waals surface area (Å²) in [4.78, 5) is 0. The first-order chi connectivity index (χ1) is 10.2.